The molecule has 6 nitrogen and oxygen atoms in total. The first-order valence-electron chi connectivity index (χ1n) is 10.4. The molecule has 1 saturated heterocycles. The Morgan fingerprint density at radius 3 is 2.38 bits per heavy atom. The van der Waals surface area contributed by atoms with Gasteiger partial charge in [-0.3, -0.25) is 4.79 Å². The lowest BCUT2D eigenvalue weighted by Gasteiger charge is -2.35. The lowest BCUT2D eigenvalue weighted by molar-refractivity contribution is 0.0745. The van der Waals surface area contributed by atoms with E-state index in [4.69, 9.17) is 11.6 Å². The number of aromatic nitrogens is 1. The summed E-state index contributed by atoms with van der Waals surface area (Å²) in [6.45, 7) is 4.28. The standard InChI is InChI=1S/C24H24ClN3O3S/c1-18-5-10-21(32(30,31)17-19-6-8-20(25)9-7-19)16-22(18)24(29)28-14-12-27(13-15-28)23-4-2-3-11-26-23/h2-11,16H,12-15,17H2,1H3. The van der Waals surface area contributed by atoms with Crippen molar-refractivity contribution in [3.63, 3.8) is 0 Å². The Kier molecular flexibility index (Phi) is 6.48. The molecule has 166 valence electrons. The molecule has 2 heterocycles. The third-order valence-corrected chi connectivity index (χ3v) is 7.55. The van der Waals surface area contributed by atoms with E-state index in [1.54, 1.807) is 47.5 Å². The average molecular weight is 470 g/mol. The molecule has 1 amide bonds. The smallest absolute Gasteiger partial charge is 0.254 e. The topological polar surface area (TPSA) is 70.6 Å². The molecular formula is C24H24ClN3O3S. The van der Waals surface area contributed by atoms with E-state index in [0.717, 1.165) is 11.4 Å². The van der Waals surface area contributed by atoms with Crippen LogP contribution in [0.3, 0.4) is 0 Å². The second-order valence-corrected chi connectivity index (χ2v) is 10.3. The number of benzene rings is 2. The fourth-order valence-corrected chi connectivity index (χ4v) is 5.25. The van der Waals surface area contributed by atoms with Gasteiger partial charge in [0.15, 0.2) is 9.84 Å². The van der Waals surface area contributed by atoms with Gasteiger partial charge in [-0.05, 0) is 54.4 Å². The van der Waals surface area contributed by atoms with Gasteiger partial charge >= 0.3 is 0 Å². The van der Waals surface area contributed by atoms with E-state index in [1.807, 2.05) is 25.1 Å². The number of sulfone groups is 1. The summed E-state index contributed by atoms with van der Waals surface area (Å²) in [6.07, 6.45) is 1.76. The van der Waals surface area contributed by atoms with Crippen molar-refractivity contribution in [2.75, 3.05) is 31.1 Å². The van der Waals surface area contributed by atoms with E-state index < -0.39 is 9.84 Å². The molecule has 2 aromatic carbocycles. The number of carbonyl (C=O) groups excluding carboxylic acids is 1. The molecule has 0 radical (unpaired) electrons. The van der Waals surface area contributed by atoms with E-state index in [9.17, 15) is 13.2 Å². The SMILES string of the molecule is Cc1ccc(S(=O)(=O)Cc2ccc(Cl)cc2)cc1C(=O)N1CCN(c2ccccn2)CC1. The van der Waals surface area contributed by atoms with E-state index in [1.165, 1.54) is 6.07 Å². The number of carbonyl (C=O) groups is 1. The maximum absolute atomic E-state index is 13.2. The minimum absolute atomic E-state index is 0.147. The lowest BCUT2D eigenvalue weighted by Crippen LogP contribution is -2.49. The van der Waals surface area contributed by atoms with Crippen molar-refractivity contribution in [2.24, 2.45) is 0 Å². The van der Waals surface area contributed by atoms with Crippen molar-refractivity contribution < 1.29 is 13.2 Å². The number of rotatable bonds is 5. The molecule has 0 aliphatic carbocycles. The normalized spacial score (nSPS) is 14.4. The second-order valence-electron chi connectivity index (χ2n) is 7.83. The highest BCUT2D eigenvalue weighted by molar-refractivity contribution is 7.90. The molecule has 1 fully saturated rings. The molecule has 0 spiro atoms. The van der Waals surface area contributed by atoms with Crippen LogP contribution in [0.5, 0.6) is 0 Å². The lowest BCUT2D eigenvalue weighted by atomic mass is 10.1. The third kappa shape index (κ3) is 4.95. The van der Waals surface area contributed by atoms with E-state index in [2.05, 4.69) is 9.88 Å². The molecule has 1 aromatic heterocycles. The third-order valence-electron chi connectivity index (χ3n) is 5.61. The zero-order valence-electron chi connectivity index (χ0n) is 17.7. The van der Waals surface area contributed by atoms with Gasteiger partial charge in [0, 0.05) is 43.0 Å². The summed E-state index contributed by atoms with van der Waals surface area (Å²) in [7, 11) is -3.60. The summed E-state index contributed by atoms with van der Waals surface area (Å²) >= 11 is 5.89. The van der Waals surface area contributed by atoms with Gasteiger partial charge in [-0.1, -0.05) is 35.9 Å². The van der Waals surface area contributed by atoms with E-state index in [0.29, 0.717) is 42.3 Å². The van der Waals surface area contributed by atoms with Gasteiger partial charge < -0.3 is 9.80 Å². The first kappa shape index (κ1) is 22.3. The van der Waals surface area contributed by atoms with Crippen molar-refractivity contribution in [1.82, 2.24) is 9.88 Å². The average Bonchev–Trinajstić information content (AvgIpc) is 2.81. The van der Waals surface area contributed by atoms with E-state index >= 15 is 0 Å². The summed E-state index contributed by atoms with van der Waals surface area (Å²) in [5, 5.41) is 0.553. The molecule has 1 aliphatic rings. The van der Waals surface area contributed by atoms with Crippen molar-refractivity contribution in [3.8, 4) is 0 Å². The van der Waals surface area contributed by atoms with Gasteiger partial charge in [0.2, 0.25) is 0 Å². The van der Waals surface area contributed by atoms with Crippen LogP contribution in [0.1, 0.15) is 21.5 Å². The Hall–Kier alpha value is -2.90. The Balaban J connectivity index is 1.50. The quantitative estimate of drug-likeness (QED) is 0.565. The number of nitrogens with zero attached hydrogens (tertiary/aromatic N) is 3. The van der Waals surface area contributed by atoms with Gasteiger partial charge in [-0.15, -0.1) is 0 Å². The van der Waals surface area contributed by atoms with Crippen LogP contribution in [0.4, 0.5) is 5.82 Å². The summed E-state index contributed by atoms with van der Waals surface area (Å²) in [6, 6.07) is 17.3. The monoisotopic (exact) mass is 469 g/mol. The molecule has 8 heteroatoms. The van der Waals surface area contributed by atoms with Crippen LogP contribution < -0.4 is 4.90 Å². The zero-order valence-corrected chi connectivity index (χ0v) is 19.3. The minimum atomic E-state index is -3.60. The van der Waals surface area contributed by atoms with Crippen LogP contribution in [0.25, 0.3) is 0 Å². The Bertz CT molecular complexity index is 1210. The van der Waals surface area contributed by atoms with Crippen LogP contribution in [-0.2, 0) is 15.6 Å². The number of amides is 1. The number of hydrogen-bond acceptors (Lipinski definition) is 5. The largest absolute Gasteiger partial charge is 0.353 e. The van der Waals surface area contributed by atoms with Gasteiger partial charge in [-0.25, -0.2) is 13.4 Å². The molecule has 32 heavy (non-hydrogen) atoms. The van der Waals surface area contributed by atoms with Crippen molar-refractivity contribution >= 4 is 33.2 Å². The molecule has 0 N–H and O–H groups in total. The van der Waals surface area contributed by atoms with Crippen molar-refractivity contribution in [1.29, 1.82) is 0 Å². The number of halogens is 1. The number of piperazine rings is 1. The predicted octanol–water partition coefficient (Wildman–Crippen LogP) is 3.98. The molecule has 0 bridgehead atoms. The van der Waals surface area contributed by atoms with Crippen LogP contribution in [0.2, 0.25) is 5.02 Å². The van der Waals surface area contributed by atoms with Crippen LogP contribution in [0.15, 0.2) is 71.8 Å². The minimum Gasteiger partial charge on any atom is -0.353 e. The fourth-order valence-electron chi connectivity index (χ4n) is 3.76. The van der Waals surface area contributed by atoms with Gasteiger partial charge in [0.1, 0.15) is 5.82 Å². The van der Waals surface area contributed by atoms with Gasteiger partial charge in [0.05, 0.1) is 10.6 Å². The first-order valence-corrected chi connectivity index (χ1v) is 12.4. The van der Waals surface area contributed by atoms with Crippen LogP contribution in [-0.4, -0.2) is 50.4 Å². The van der Waals surface area contributed by atoms with Crippen molar-refractivity contribution in [3.05, 3.63) is 88.6 Å². The van der Waals surface area contributed by atoms with Crippen LogP contribution >= 0.6 is 11.6 Å². The molecule has 0 atom stereocenters. The molecule has 3 aromatic rings. The summed E-state index contributed by atoms with van der Waals surface area (Å²) in [5.41, 5.74) is 1.83. The summed E-state index contributed by atoms with van der Waals surface area (Å²) < 4.78 is 26.0. The predicted molar refractivity (Wildman–Crippen MR) is 126 cm³/mol. The second kappa shape index (κ2) is 9.30. The summed E-state index contributed by atoms with van der Waals surface area (Å²) in [5.74, 6) is 0.599. The zero-order chi connectivity index (χ0) is 22.7. The molecule has 0 unspecified atom stereocenters. The maximum Gasteiger partial charge on any atom is 0.254 e. The van der Waals surface area contributed by atoms with Gasteiger partial charge in [0.25, 0.3) is 5.91 Å². The van der Waals surface area contributed by atoms with Crippen molar-refractivity contribution in [2.45, 2.75) is 17.6 Å². The Labute approximate surface area is 193 Å². The highest BCUT2D eigenvalue weighted by atomic mass is 35.5. The fraction of sp³-hybridized carbons (Fsp3) is 0.250. The Morgan fingerprint density at radius 2 is 1.72 bits per heavy atom. The summed E-state index contributed by atoms with van der Waals surface area (Å²) in [4.78, 5) is 21.7. The number of aryl methyl sites for hydroxylation is 1. The number of anilines is 1. The molecule has 4 rings (SSSR count). The Morgan fingerprint density at radius 1 is 1.00 bits per heavy atom. The number of pyridine rings is 1. The molecule has 0 saturated carbocycles. The number of hydrogen-bond donors (Lipinski definition) is 0. The maximum atomic E-state index is 13.2. The molecular weight excluding hydrogens is 446 g/mol. The van der Waals surface area contributed by atoms with Gasteiger partial charge in [-0.2, -0.15) is 0 Å². The van der Waals surface area contributed by atoms with E-state index in [-0.39, 0.29) is 16.6 Å². The first-order chi connectivity index (χ1) is 15.3. The highest BCUT2D eigenvalue weighted by Gasteiger charge is 2.25. The highest BCUT2D eigenvalue weighted by Crippen LogP contribution is 2.23. The van der Waals surface area contributed by atoms with Crippen LogP contribution in [0, 0.1) is 6.92 Å². The molecule has 1 aliphatic heterocycles.